The first-order chi connectivity index (χ1) is 21.3. The van der Waals surface area contributed by atoms with E-state index in [4.69, 9.17) is 32.7 Å². The van der Waals surface area contributed by atoms with Gasteiger partial charge >= 0.3 is 0 Å². The van der Waals surface area contributed by atoms with Crippen molar-refractivity contribution in [3.63, 3.8) is 0 Å². The summed E-state index contributed by atoms with van der Waals surface area (Å²) in [4.78, 5) is 40.5. The number of anilines is 1. The molecule has 0 radical (unpaired) electrons. The third-order valence-electron chi connectivity index (χ3n) is 8.29. The van der Waals surface area contributed by atoms with Crippen molar-refractivity contribution in [1.29, 1.82) is 5.26 Å². The summed E-state index contributed by atoms with van der Waals surface area (Å²) in [6, 6.07) is 5.53. The van der Waals surface area contributed by atoms with E-state index in [9.17, 15) is 14.9 Å². The van der Waals surface area contributed by atoms with E-state index >= 15 is 0 Å². The Morgan fingerprint density at radius 2 is 1.64 bits per heavy atom. The fraction of sp³-hybridized carbons (Fsp3) is 0.531. The second-order valence-corrected chi connectivity index (χ2v) is 13.4. The quantitative estimate of drug-likeness (QED) is 0.308. The number of nitrogens with one attached hydrogen (secondary N) is 1. The van der Waals surface area contributed by atoms with E-state index < -0.39 is 5.41 Å². The van der Waals surface area contributed by atoms with E-state index in [2.05, 4.69) is 47.0 Å². The number of piperazine rings is 1. The van der Waals surface area contributed by atoms with Gasteiger partial charge in [0.25, 0.3) is 5.56 Å². The molecule has 2 aromatic heterocycles. The molecule has 242 valence electrons. The summed E-state index contributed by atoms with van der Waals surface area (Å²) in [5.74, 6) is 0.891. The predicted molar refractivity (Wildman–Crippen MR) is 177 cm³/mol. The lowest BCUT2D eigenvalue weighted by atomic mass is 9.78. The lowest BCUT2D eigenvalue weighted by Crippen LogP contribution is -2.53. The monoisotopic (exact) mass is 657 g/mol. The first-order valence-electron chi connectivity index (χ1n) is 14.9. The molecular weight excluding hydrogens is 617 g/mol. The van der Waals surface area contributed by atoms with Gasteiger partial charge in [0.05, 0.1) is 35.9 Å². The molecule has 0 bridgehead atoms. The van der Waals surface area contributed by atoms with Crippen LogP contribution in [-0.2, 0) is 11.3 Å². The van der Waals surface area contributed by atoms with E-state index in [0.29, 0.717) is 79.7 Å². The highest BCUT2D eigenvalue weighted by Crippen LogP contribution is 2.45. The molecule has 1 atom stereocenters. The van der Waals surface area contributed by atoms with Crippen molar-refractivity contribution in [3.8, 4) is 28.7 Å². The smallest absolute Gasteiger partial charge is 0.260 e. The maximum atomic E-state index is 14.2. The summed E-state index contributed by atoms with van der Waals surface area (Å²) in [6.07, 6.45) is 2.94. The van der Waals surface area contributed by atoms with Gasteiger partial charge in [0.2, 0.25) is 11.9 Å². The molecule has 1 saturated heterocycles. The Balaban J connectivity index is 1.61. The van der Waals surface area contributed by atoms with Crippen molar-refractivity contribution in [1.82, 2.24) is 24.3 Å². The van der Waals surface area contributed by atoms with Crippen molar-refractivity contribution >= 4 is 46.1 Å². The number of amides is 1. The van der Waals surface area contributed by atoms with Crippen LogP contribution < -0.4 is 20.3 Å². The Morgan fingerprint density at radius 1 is 1.02 bits per heavy atom. The number of benzene rings is 1. The Kier molecular flexibility index (Phi) is 10.5. The molecule has 1 amide bonds. The lowest BCUT2D eigenvalue weighted by Gasteiger charge is -2.38. The van der Waals surface area contributed by atoms with Gasteiger partial charge in [-0.2, -0.15) is 10.2 Å². The summed E-state index contributed by atoms with van der Waals surface area (Å²) < 4.78 is 12.5. The molecule has 1 N–H and O–H groups in total. The summed E-state index contributed by atoms with van der Waals surface area (Å²) in [7, 11) is 4.66. The van der Waals surface area contributed by atoms with Crippen molar-refractivity contribution in [3.05, 3.63) is 38.7 Å². The minimum atomic E-state index is -1.06. The van der Waals surface area contributed by atoms with E-state index in [1.54, 1.807) is 41.8 Å². The maximum Gasteiger partial charge on any atom is 0.260 e. The van der Waals surface area contributed by atoms with Crippen LogP contribution in [0.1, 0.15) is 40.5 Å². The molecule has 3 aromatic rings. The third kappa shape index (κ3) is 7.29. The number of fused-ring (bicyclic) bond motifs is 1. The number of pyridine rings is 1. The molecule has 4 rings (SSSR count). The standard InChI is InChI=1S/C32H41Cl2N7O4/c1-31(2,3)8-9-32(4,19-35)29(43)40-13-10-39(11-14-40)12-15-41-27-20(18-37-30(36-5)38-27)16-21(28(41)42)24-25(33)22(44-6)17-23(45-7)26(24)34/h16-18H,8-15H2,1-7H3,(H,36,37,38). The number of halogens is 2. The molecule has 1 aliphatic rings. The van der Waals surface area contributed by atoms with Gasteiger partial charge in [0.1, 0.15) is 22.6 Å². The Labute approximate surface area is 274 Å². The van der Waals surface area contributed by atoms with Gasteiger partial charge in [-0.1, -0.05) is 44.0 Å². The minimum absolute atomic E-state index is 0.0326. The summed E-state index contributed by atoms with van der Waals surface area (Å²) >= 11 is 13.4. The molecular formula is C32H41Cl2N7O4. The average molecular weight is 659 g/mol. The van der Waals surface area contributed by atoms with E-state index in [0.717, 1.165) is 6.42 Å². The largest absolute Gasteiger partial charge is 0.495 e. The second-order valence-electron chi connectivity index (χ2n) is 12.7. The third-order valence-corrected chi connectivity index (χ3v) is 9.04. The molecule has 1 aliphatic heterocycles. The van der Waals surface area contributed by atoms with Crippen molar-refractivity contribution in [2.24, 2.45) is 10.8 Å². The van der Waals surface area contributed by atoms with Crippen LogP contribution in [0.3, 0.4) is 0 Å². The van der Waals surface area contributed by atoms with Gasteiger partial charge in [-0.25, -0.2) is 4.98 Å². The van der Waals surface area contributed by atoms with Gasteiger partial charge in [-0.3, -0.25) is 19.1 Å². The number of carbonyl (C=O) groups excluding carboxylic acids is 1. The predicted octanol–water partition coefficient (Wildman–Crippen LogP) is 5.32. The van der Waals surface area contributed by atoms with Gasteiger partial charge < -0.3 is 19.7 Å². The van der Waals surface area contributed by atoms with Crippen LogP contribution in [0.15, 0.2) is 23.1 Å². The highest BCUT2D eigenvalue weighted by atomic mass is 35.5. The Hall–Kier alpha value is -3.59. The van der Waals surface area contributed by atoms with Crippen molar-refractivity contribution in [2.45, 2.75) is 47.1 Å². The summed E-state index contributed by atoms with van der Waals surface area (Å²) in [5, 5.41) is 13.8. The van der Waals surface area contributed by atoms with Gasteiger partial charge in [-0.15, -0.1) is 0 Å². The van der Waals surface area contributed by atoms with Crippen molar-refractivity contribution < 1.29 is 14.3 Å². The first-order valence-corrected chi connectivity index (χ1v) is 15.6. The van der Waals surface area contributed by atoms with Crippen LogP contribution in [0.4, 0.5) is 5.95 Å². The number of hydrogen-bond acceptors (Lipinski definition) is 9. The molecule has 3 heterocycles. The molecule has 13 heteroatoms. The van der Waals surface area contributed by atoms with Crippen LogP contribution >= 0.6 is 23.2 Å². The highest BCUT2D eigenvalue weighted by molar-refractivity contribution is 6.41. The first kappa shape index (κ1) is 34.3. The highest BCUT2D eigenvalue weighted by Gasteiger charge is 2.38. The number of rotatable bonds is 10. The molecule has 1 fully saturated rings. The Bertz CT molecular complexity index is 1650. The Morgan fingerprint density at radius 3 is 2.18 bits per heavy atom. The lowest BCUT2D eigenvalue weighted by molar-refractivity contribution is -0.140. The second kappa shape index (κ2) is 13.8. The molecule has 0 saturated carbocycles. The van der Waals surface area contributed by atoms with E-state index in [1.165, 1.54) is 14.2 Å². The number of ether oxygens (including phenoxy) is 2. The fourth-order valence-electron chi connectivity index (χ4n) is 5.39. The van der Waals surface area contributed by atoms with Crippen LogP contribution in [0.2, 0.25) is 10.0 Å². The zero-order valence-electron chi connectivity index (χ0n) is 27.0. The summed E-state index contributed by atoms with van der Waals surface area (Å²) in [5.41, 5.74) is -0.338. The molecule has 11 nitrogen and oxygen atoms in total. The van der Waals surface area contributed by atoms with E-state index in [-0.39, 0.29) is 32.5 Å². The van der Waals surface area contributed by atoms with Crippen molar-refractivity contribution in [2.75, 3.05) is 59.3 Å². The van der Waals surface area contributed by atoms with Gasteiger partial charge in [0.15, 0.2) is 0 Å². The normalized spacial score (nSPS) is 15.4. The minimum Gasteiger partial charge on any atom is -0.495 e. The molecule has 0 aliphatic carbocycles. The van der Waals surface area contributed by atoms with Crippen LogP contribution in [0.25, 0.3) is 22.2 Å². The number of nitrogens with zero attached hydrogens (tertiary/aromatic N) is 6. The van der Waals surface area contributed by atoms with Gasteiger partial charge in [-0.05, 0) is 31.2 Å². The molecule has 1 aromatic carbocycles. The number of hydrogen-bond donors (Lipinski definition) is 1. The zero-order valence-corrected chi connectivity index (χ0v) is 28.5. The zero-order chi connectivity index (χ0) is 33.1. The molecule has 1 unspecified atom stereocenters. The number of aromatic nitrogens is 3. The average Bonchev–Trinajstić information content (AvgIpc) is 3.03. The topological polar surface area (TPSA) is 126 Å². The molecule has 0 spiro atoms. The van der Waals surface area contributed by atoms with Gasteiger partial charge in [0, 0.05) is 69.5 Å². The maximum absolute atomic E-state index is 14.2. The SMILES string of the molecule is CNc1ncc2cc(-c3c(Cl)c(OC)cc(OC)c3Cl)c(=O)n(CCN3CCN(C(=O)C(C)(C#N)CCC(C)(C)C)CC3)c2n1. The van der Waals surface area contributed by atoms with Crippen LogP contribution in [-0.4, -0.2) is 84.2 Å². The summed E-state index contributed by atoms with van der Waals surface area (Å²) in [6.45, 7) is 11.2. The number of methoxy groups -OCH3 is 2. The number of nitriles is 1. The van der Waals surface area contributed by atoms with E-state index in [1.807, 2.05) is 0 Å². The fourth-order valence-corrected chi connectivity index (χ4v) is 6.09. The van der Waals surface area contributed by atoms with Crippen LogP contribution in [0.5, 0.6) is 11.5 Å². The number of carbonyl (C=O) groups is 1. The van der Waals surface area contributed by atoms with Crippen LogP contribution in [0, 0.1) is 22.2 Å². The molecule has 45 heavy (non-hydrogen) atoms.